The van der Waals surface area contributed by atoms with Crippen LogP contribution in [0.5, 0.6) is 0 Å². The monoisotopic (exact) mass is 249 g/mol. The number of carboxylic acids is 1. The van der Waals surface area contributed by atoms with Gasteiger partial charge in [0.15, 0.2) is 11.0 Å². The summed E-state index contributed by atoms with van der Waals surface area (Å²) in [7, 11) is 1.78. The van der Waals surface area contributed by atoms with Crippen molar-refractivity contribution in [2.24, 2.45) is 7.05 Å². The van der Waals surface area contributed by atoms with Crippen molar-refractivity contribution in [2.75, 3.05) is 5.75 Å². The van der Waals surface area contributed by atoms with Crippen molar-refractivity contribution in [2.45, 2.75) is 5.16 Å². The Morgan fingerprint density at radius 2 is 2.35 bits per heavy atom. The van der Waals surface area contributed by atoms with Crippen LogP contribution in [0.3, 0.4) is 0 Å². The molecule has 17 heavy (non-hydrogen) atoms. The normalized spacial score (nSPS) is 10.4. The highest BCUT2D eigenvalue weighted by molar-refractivity contribution is 7.99. The van der Waals surface area contributed by atoms with Crippen LogP contribution in [0.25, 0.3) is 11.4 Å². The van der Waals surface area contributed by atoms with Crippen molar-refractivity contribution in [3.63, 3.8) is 0 Å². The molecule has 0 saturated carbocycles. The van der Waals surface area contributed by atoms with Crippen LogP contribution in [0.15, 0.2) is 29.7 Å². The molecule has 0 unspecified atom stereocenters. The molecule has 2 aromatic rings. The first-order valence-corrected chi connectivity index (χ1v) is 5.79. The molecule has 0 saturated heterocycles. The van der Waals surface area contributed by atoms with Crippen molar-refractivity contribution >= 4 is 17.7 Å². The van der Waals surface area contributed by atoms with E-state index in [2.05, 4.69) is 15.2 Å². The molecular formula is C10H9N4O2S-. The number of pyridine rings is 1. The van der Waals surface area contributed by atoms with Gasteiger partial charge in [-0.2, -0.15) is 0 Å². The highest BCUT2D eigenvalue weighted by atomic mass is 32.2. The molecule has 0 aliphatic rings. The van der Waals surface area contributed by atoms with E-state index in [1.165, 1.54) is 0 Å². The Morgan fingerprint density at radius 3 is 3.00 bits per heavy atom. The Hall–Kier alpha value is -1.89. The number of aliphatic carboxylic acids is 1. The SMILES string of the molecule is Cn1c(SCC(=O)[O-])nnc1-c1cccnc1. The van der Waals surface area contributed by atoms with Crippen molar-refractivity contribution in [3.05, 3.63) is 24.5 Å². The van der Waals surface area contributed by atoms with Gasteiger partial charge in [-0.1, -0.05) is 11.8 Å². The lowest BCUT2D eigenvalue weighted by Crippen LogP contribution is -2.24. The van der Waals surface area contributed by atoms with Gasteiger partial charge in [0.05, 0.1) is 5.97 Å². The highest BCUT2D eigenvalue weighted by Crippen LogP contribution is 2.21. The minimum Gasteiger partial charge on any atom is -0.549 e. The molecule has 88 valence electrons. The lowest BCUT2D eigenvalue weighted by Gasteiger charge is -2.03. The quantitative estimate of drug-likeness (QED) is 0.693. The average Bonchev–Trinajstić information content (AvgIpc) is 2.69. The van der Waals surface area contributed by atoms with Crippen LogP contribution >= 0.6 is 11.8 Å². The number of carbonyl (C=O) groups excluding carboxylic acids is 1. The van der Waals surface area contributed by atoms with Gasteiger partial charge in [0.25, 0.3) is 0 Å². The second-order valence-electron chi connectivity index (χ2n) is 3.27. The summed E-state index contributed by atoms with van der Waals surface area (Å²) >= 11 is 1.08. The lowest BCUT2D eigenvalue weighted by atomic mass is 10.3. The van der Waals surface area contributed by atoms with E-state index in [0.29, 0.717) is 11.0 Å². The smallest absolute Gasteiger partial charge is 0.191 e. The summed E-state index contributed by atoms with van der Waals surface area (Å²) in [5.74, 6) is -0.612. The third-order valence-electron chi connectivity index (χ3n) is 2.07. The number of carbonyl (C=O) groups is 1. The molecule has 6 nitrogen and oxygen atoms in total. The summed E-state index contributed by atoms with van der Waals surface area (Å²) in [4.78, 5) is 14.4. The van der Waals surface area contributed by atoms with Crippen molar-refractivity contribution in [1.82, 2.24) is 19.7 Å². The molecule has 0 aliphatic carbocycles. The second kappa shape index (κ2) is 4.96. The molecule has 0 atom stereocenters. The average molecular weight is 249 g/mol. The molecule has 7 heteroatoms. The molecule has 2 aromatic heterocycles. The van der Waals surface area contributed by atoms with E-state index in [1.807, 2.05) is 6.07 Å². The van der Waals surface area contributed by atoms with Gasteiger partial charge in [-0.3, -0.25) is 4.98 Å². The zero-order valence-electron chi connectivity index (χ0n) is 9.03. The van der Waals surface area contributed by atoms with Gasteiger partial charge in [-0.05, 0) is 12.1 Å². The first-order chi connectivity index (χ1) is 8.18. The third-order valence-corrected chi connectivity index (χ3v) is 3.07. The van der Waals surface area contributed by atoms with Crippen LogP contribution in [0.4, 0.5) is 0 Å². The van der Waals surface area contributed by atoms with Gasteiger partial charge < -0.3 is 14.5 Å². The van der Waals surface area contributed by atoms with Gasteiger partial charge in [-0.15, -0.1) is 10.2 Å². The van der Waals surface area contributed by atoms with E-state index in [4.69, 9.17) is 0 Å². The Bertz CT molecular complexity index is 526. The van der Waals surface area contributed by atoms with E-state index >= 15 is 0 Å². The number of aromatic nitrogens is 4. The Kier molecular flexibility index (Phi) is 3.38. The summed E-state index contributed by atoms with van der Waals surface area (Å²) < 4.78 is 1.73. The maximum atomic E-state index is 10.4. The molecule has 0 bridgehead atoms. The molecule has 0 aromatic carbocycles. The molecular weight excluding hydrogens is 240 g/mol. The van der Waals surface area contributed by atoms with Crippen molar-refractivity contribution in [3.8, 4) is 11.4 Å². The van der Waals surface area contributed by atoms with Gasteiger partial charge >= 0.3 is 0 Å². The van der Waals surface area contributed by atoms with Gasteiger partial charge in [0, 0.05) is 30.8 Å². The van der Waals surface area contributed by atoms with Crippen LogP contribution in [0, 0.1) is 0 Å². The fourth-order valence-corrected chi connectivity index (χ4v) is 1.94. The summed E-state index contributed by atoms with van der Waals surface area (Å²) in [6.45, 7) is 0. The lowest BCUT2D eigenvalue weighted by molar-refractivity contribution is -0.301. The number of thioether (sulfide) groups is 1. The van der Waals surface area contributed by atoms with E-state index in [-0.39, 0.29) is 5.75 Å². The van der Waals surface area contributed by atoms with E-state index in [9.17, 15) is 9.90 Å². The van der Waals surface area contributed by atoms with Crippen LogP contribution in [0.1, 0.15) is 0 Å². The number of hydrogen-bond acceptors (Lipinski definition) is 6. The van der Waals surface area contributed by atoms with Crippen LogP contribution in [-0.2, 0) is 11.8 Å². The molecule has 0 fully saturated rings. The largest absolute Gasteiger partial charge is 0.549 e. The molecule has 0 amide bonds. The summed E-state index contributed by atoms with van der Waals surface area (Å²) in [6, 6.07) is 3.67. The van der Waals surface area contributed by atoms with E-state index in [0.717, 1.165) is 17.3 Å². The maximum absolute atomic E-state index is 10.4. The minimum absolute atomic E-state index is 0.140. The fourth-order valence-electron chi connectivity index (χ4n) is 1.31. The van der Waals surface area contributed by atoms with Crippen LogP contribution < -0.4 is 5.11 Å². The van der Waals surface area contributed by atoms with E-state index in [1.54, 1.807) is 30.1 Å². The third kappa shape index (κ3) is 2.62. The van der Waals surface area contributed by atoms with E-state index < -0.39 is 5.97 Å². The minimum atomic E-state index is -1.12. The molecule has 0 aliphatic heterocycles. The van der Waals surface area contributed by atoms with Crippen molar-refractivity contribution in [1.29, 1.82) is 0 Å². The molecule has 2 heterocycles. The zero-order valence-corrected chi connectivity index (χ0v) is 9.85. The maximum Gasteiger partial charge on any atom is 0.191 e. The number of rotatable bonds is 4. The van der Waals surface area contributed by atoms with Crippen molar-refractivity contribution < 1.29 is 9.90 Å². The molecule has 0 spiro atoms. The summed E-state index contributed by atoms with van der Waals surface area (Å²) in [5, 5.41) is 18.8. The summed E-state index contributed by atoms with van der Waals surface area (Å²) in [5.41, 5.74) is 0.836. The molecule has 0 radical (unpaired) electrons. The Balaban J connectivity index is 2.24. The standard InChI is InChI=1S/C10H10N4O2S/c1-14-9(7-3-2-4-11-5-7)12-13-10(14)17-6-8(15)16/h2-5H,6H2,1H3,(H,15,16)/p-1. The molecule has 0 N–H and O–H groups in total. The highest BCUT2D eigenvalue weighted by Gasteiger charge is 2.10. The first kappa shape index (κ1) is 11.6. The summed E-state index contributed by atoms with van der Waals surface area (Å²) in [6.07, 6.45) is 3.35. The molecule has 2 rings (SSSR count). The van der Waals surface area contributed by atoms with Crippen LogP contribution in [-0.4, -0.2) is 31.5 Å². The predicted molar refractivity (Wildman–Crippen MR) is 60.0 cm³/mol. The van der Waals surface area contributed by atoms with Gasteiger partial charge in [0.1, 0.15) is 0 Å². The second-order valence-corrected chi connectivity index (χ2v) is 4.21. The van der Waals surface area contributed by atoms with Gasteiger partial charge in [-0.25, -0.2) is 0 Å². The van der Waals surface area contributed by atoms with Crippen LogP contribution in [0.2, 0.25) is 0 Å². The number of nitrogens with zero attached hydrogens (tertiary/aromatic N) is 4. The topological polar surface area (TPSA) is 83.7 Å². The Morgan fingerprint density at radius 1 is 1.53 bits per heavy atom. The van der Waals surface area contributed by atoms with Gasteiger partial charge in [0.2, 0.25) is 0 Å². The predicted octanol–water partition coefficient (Wildman–Crippen LogP) is -0.281. The fraction of sp³-hybridized carbons (Fsp3) is 0.200. The Labute approximate surface area is 102 Å². The number of hydrogen-bond donors (Lipinski definition) is 0. The number of carboxylic acid groups (broad SMARTS) is 1. The zero-order chi connectivity index (χ0) is 12.3. The first-order valence-electron chi connectivity index (χ1n) is 4.81.